The summed E-state index contributed by atoms with van der Waals surface area (Å²) in [6.45, 7) is 1.79. The van der Waals surface area contributed by atoms with Crippen molar-refractivity contribution in [2.75, 3.05) is 20.3 Å². The van der Waals surface area contributed by atoms with Crippen LogP contribution in [-0.2, 0) is 22.5 Å². The van der Waals surface area contributed by atoms with Crippen molar-refractivity contribution in [2.24, 2.45) is 0 Å². The highest BCUT2D eigenvalue weighted by molar-refractivity contribution is 5.76. The predicted molar refractivity (Wildman–Crippen MR) is 63.8 cm³/mol. The maximum atomic E-state index is 11.8. The van der Waals surface area contributed by atoms with Crippen molar-refractivity contribution >= 4 is 5.91 Å². The molecule has 0 aliphatic carbocycles. The van der Waals surface area contributed by atoms with Crippen LogP contribution in [0.25, 0.3) is 0 Å². The van der Waals surface area contributed by atoms with Crippen LogP contribution in [-0.4, -0.2) is 41.2 Å². The van der Waals surface area contributed by atoms with Gasteiger partial charge in [-0.3, -0.25) is 4.79 Å². The Balaban J connectivity index is 1.91. The lowest BCUT2D eigenvalue weighted by Crippen LogP contribution is -2.29. The van der Waals surface area contributed by atoms with Gasteiger partial charge in [-0.25, -0.2) is 0 Å². The molecule has 2 rings (SSSR count). The first kappa shape index (κ1) is 13.0. The van der Waals surface area contributed by atoms with Crippen molar-refractivity contribution in [1.82, 2.24) is 15.0 Å². The van der Waals surface area contributed by atoms with E-state index in [9.17, 15) is 4.79 Å². The zero-order valence-corrected chi connectivity index (χ0v) is 10.7. The molecule has 2 heterocycles. The Kier molecular flexibility index (Phi) is 4.69. The third-order valence-electron chi connectivity index (χ3n) is 3.04. The molecule has 0 bridgehead atoms. The third-order valence-corrected chi connectivity index (χ3v) is 3.04. The molecular formula is C12H19N3O3. The van der Waals surface area contributed by atoms with Crippen LogP contribution >= 0.6 is 0 Å². The molecule has 0 saturated carbocycles. The first-order valence-electron chi connectivity index (χ1n) is 6.38. The van der Waals surface area contributed by atoms with Gasteiger partial charge in [0.2, 0.25) is 11.8 Å². The monoisotopic (exact) mass is 253 g/mol. The Hall–Kier alpha value is -1.43. The number of carbonyl (C=O) groups excluding carboxylic acids is 1. The molecule has 0 N–H and O–H groups in total. The molecule has 1 amide bonds. The average Bonchev–Trinajstić information content (AvgIpc) is 2.72. The molecule has 0 aromatic carbocycles. The van der Waals surface area contributed by atoms with E-state index >= 15 is 0 Å². The van der Waals surface area contributed by atoms with E-state index in [1.807, 2.05) is 0 Å². The molecular weight excluding hydrogens is 234 g/mol. The van der Waals surface area contributed by atoms with Gasteiger partial charge in [-0.05, 0) is 12.8 Å². The number of nitrogens with zero attached hydrogens (tertiary/aromatic N) is 3. The summed E-state index contributed by atoms with van der Waals surface area (Å²) >= 11 is 0. The van der Waals surface area contributed by atoms with Crippen molar-refractivity contribution in [3.05, 3.63) is 11.7 Å². The molecule has 1 saturated heterocycles. The minimum Gasteiger partial charge on any atom is -0.384 e. The van der Waals surface area contributed by atoms with Crippen molar-refractivity contribution in [3.8, 4) is 0 Å². The standard InChI is InChI=1S/C12H19N3O3/c1-17-8-6-10-13-11(18-14-10)9-15-7-4-2-3-5-12(15)16/h2-9H2,1H3. The highest BCUT2D eigenvalue weighted by Crippen LogP contribution is 2.13. The van der Waals surface area contributed by atoms with E-state index in [1.165, 1.54) is 0 Å². The maximum Gasteiger partial charge on any atom is 0.246 e. The van der Waals surface area contributed by atoms with Gasteiger partial charge < -0.3 is 14.2 Å². The number of aromatic nitrogens is 2. The van der Waals surface area contributed by atoms with Crippen LogP contribution in [0.2, 0.25) is 0 Å². The van der Waals surface area contributed by atoms with Crippen molar-refractivity contribution in [3.63, 3.8) is 0 Å². The minimum atomic E-state index is 0.184. The zero-order chi connectivity index (χ0) is 12.8. The molecule has 1 fully saturated rings. The number of hydrogen-bond donors (Lipinski definition) is 0. The number of rotatable bonds is 5. The highest BCUT2D eigenvalue weighted by Gasteiger charge is 2.19. The van der Waals surface area contributed by atoms with Crippen LogP contribution in [0, 0.1) is 0 Å². The average molecular weight is 253 g/mol. The van der Waals surface area contributed by atoms with Gasteiger partial charge in [0, 0.05) is 26.5 Å². The highest BCUT2D eigenvalue weighted by atomic mass is 16.5. The summed E-state index contributed by atoms with van der Waals surface area (Å²) in [4.78, 5) is 17.9. The Bertz CT molecular complexity index is 392. The number of methoxy groups -OCH3 is 1. The summed E-state index contributed by atoms with van der Waals surface area (Å²) in [7, 11) is 1.64. The third kappa shape index (κ3) is 3.53. The largest absolute Gasteiger partial charge is 0.384 e. The van der Waals surface area contributed by atoms with Gasteiger partial charge in [0.1, 0.15) is 0 Å². The SMILES string of the molecule is COCCc1noc(CN2CCCCCC2=O)n1. The smallest absolute Gasteiger partial charge is 0.246 e. The maximum absolute atomic E-state index is 11.8. The lowest BCUT2D eigenvalue weighted by Gasteiger charge is -2.17. The summed E-state index contributed by atoms with van der Waals surface area (Å²) in [6, 6.07) is 0. The van der Waals surface area contributed by atoms with E-state index in [2.05, 4.69) is 10.1 Å². The zero-order valence-electron chi connectivity index (χ0n) is 10.7. The molecule has 0 spiro atoms. The van der Waals surface area contributed by atoms with Crippen molar-refractivity contribution < 1.29 is 14.1 Å². The van der Waals surface area contributed by atoms with E-state index in [0.717, 1.165) is 25.8 Å². The van der Waals surface area contributed by atoms with Crippen LogP contribution in [0.3, 0.4) is 0 Å². The van der Waals surface area contributed by atoms with Crippen LogP contribution in [0.5, 0.6) is 0 Å². The first-order chi connectivity index (χ1) is 8.79. The second-order valence-corrected chi connectivity index (χ2v) is 4.47. The molecule has 100 valence electrons. The fourth-order valence-corrected chi connectivity index (χ4v) is 2.02. The van der Waals surface area contributed by atoms with Gasteiger partial charge in [-0.15, -0.1) is 0 Å². The van der Waals surface area contributed by atoms with Gasteiger partial charge in [0.25, 0.3) is 0 Å². The van der Waals surface area contributed by atoms with E-state index < -0.39 is 0 Å². The molecule has 0 atom stereocenters. The fraction of sp³-hybridized carbons (Fsp3) is 0.750. The molecule has 6 nitrogen and oxygen atoms in total. The summed E-state index contributed by atoms with van der Waals surface area (Å²) in [6.07, 6.45) is 4.42. The topological polar surface area (TPSA) is 68.5 Å². The summed E-state index contributed by atoms with van der Waals surface area (Å²) in [5, 5.41) is 3.86. The molecule has 1 aromatic heterocycles. The van der Waals surface area contributed by atoms with Gasteiger partial charge in [0.15, 0.2) is 5.82 Å². The second-order valence-electron chi connectivity index (χ2n) is 4.47. The normalized spacial score (nSPS) is 16.9. The molecule has 1 aromatic rings. The molecule has 0 unspecified atom stereocenters. The lowest BCUT2D eigenvalue weighted by atomic mass is 10.2. The Morgan fingerprint density at radius 1 is 1.39 bits per heavy atom. The van der Waals surface area contributed by atoms with E-state index in [-0.39, 0.29) is 5.91 Å². The quantitative estimate of drug-likeness (QED) is 0.787. The summed E-state index contributed by atoms with van der Waals surface area (Å²) < 4.78 is 10.1. The minimum absolute atomic E-state index is 0.184. The molecule has 6 heteroatoms. The first-order valence-corrected chi connectivity index (χ1v) is 6.38. The molecule has 1 aliphatic rings. The van der Waals surface area contributed by atoms with Gasteiger partial charge in [0.05, 0.1) is 13.2 Å². The predicted octanol–water partition coefficient (Wildman–Crippen LogP) is 1.16. The summed E-state index contributed by atoms with van der Waals surface area (Å²) in [5.74, 6) is 1.33. The molecule has 1 aliphatic heterocycles. The number of hydrogen-bond acceptors (Lipinski definition) is 5. The lowest BCUT2D eigenvalue weighted by molar-refractivity contribution is -0.131. The van der Waals surface area contributed by atoms with E-state index in [0.29, 0.717) is 37.7 Å². The van der Waals surface area contributed by atoms with Crippen LogP contribution in [0.4, 0.5) is 0 Å². The van der Waals surface area contributed by atoms with Crippen LogP contribution < -0.4 is 0 Å². The number of ether oxygens (including phenoxy) is 1. The molecule has 0 radical (unpaired) electrons. The Morgan fingerprint density at radius 3 is 3.11 bits per heavy atom. The van der Waals surface area contributed by atoms with Gasteiger partial charge in [-0.2, -0.15) is 4.98 Å². The second kappa shape index (κ2) is 6.49. The summed E-state index contributed by atoms with van der Waals surface area (Å²) in [5.41, 5.74) is 0. The van der Waals surface area contributed by atoms with Crippen molar-refractivity contribution in [1.29, 1.82) is 0 Å². The van der Waals surface area contributed by atoms with Crippen LogP contribution in [0.15, 0.2) is 4.52 Å². The number of likely N-dealkylation sites (tertiary alicyclic amines) is 1. The van der Waals surface area contributed by atoms with E-state index in [1.54, 1.807) is 12.0 Å². The number of amides is 1. The Morgan fingerprint density at radius 2 is 2.28 bits per heavy atom. The van der Waals surface area contributed by atoms with E-state index in [4.69, 9.17) is 9.26 Å². The van der Waals surface area contributed by atoms with Gasteiger partial charge in [-0.1, -0.05) is 11.6 Å². The van der Waals surface area contributed by atoms with Crippen LogP contribution in [0.1, 0.15) is 37.4 Å². The fourth-order valence-electron chi connectivity index (χ4n) is 2.02. The molecule has 18 heavy (non-hydrogen) atoms. The van der Waals surface area contributed by atoms with Crippen molar-refractivity contribution in [2.45, 2.75) is 38.6 Å². The Labute approximate surface area is 106 Å². The van der Waals surface area contributed by atoms with Gasteiger partial charge >= 0.3 is 0 Å². The number of carbonyl (C=O) groups is 1.